The second kappa shape index (κ2) is 7.81. The molecule has 2 rings (SSSR count). The van der Waals surface area contributed by atoms with Gasteiger partial charge in [0.15, 0.2) is 0 Å². The van der Waals surface area contributed by atoms with Gasteiger partial charge in [0.05, 0.1) is 0 Å². The first-order valence-corrected chi connectivity index (χ1v) is 7.84. The molecule has 1 heterocycles. The van der Waals surface area contributed by atoms with Crippen molar-refractivity contribution >= 4 is 11.8 Å². The molecule has 0 spiro atoms. The van der Waals surface area contributed by atoms with Gasteiger partial charge < -0.3 is 10.6 Å². The second-order valence-electron chi connectivity index (χ2n) is 5.58. The van der Waals surface area contributed by atoms with Gasteiger partial charge >= 0.3 is 0 Å². The predicted octanol–water partition coefficient (Wildman–Crippen LogP) is 1.97. The topological polar surface area (TPSA) is 58.2 Å². The van der Waals surface area contributed by atoms with Crippen LogP contribution in [0.3, 0.4) is 0 Å². The highest BCUT2D eigenvalue weighted by Gasteiger charge is 2.21. The number of rotatable bonds is 5. The third-order valence-electron chi connectivity index (χ3n) is 3.94. The van der Waals surface area contributed by atoms with Crippen molar-refractivity contribution in [3.63, 3.8) is 0 Å². The van der Waals surface area contributed by atoms with Crippen LogP contribution in [0.15, 0.2) is 24.3 Å². The summed E-state index contributed by atoms with van der Waals surface area (Å²) in [5.41, 5.74) is 2.46. The summed E-state index contributed by atoms with van der Waals surface area (Å²) in [5, 5.41) is 5.68. The number of hydrogen-bond donors (Lipinski definition) is 2. The lowest BCUT2D eigenvalue weighted by atomic mass is 10.1. The molecule has 0 saturated carbocycles. The number of amides is 2. The quantitative estimate of drug-likeness (QED) is 0.870. The van der Waals surface area contributed by atoms with Crippen molar-refractivity contribution in [2.45, 2.75) is 51.5 Å². The fourth-order valence-corrected chi connectivity index (χ4v) is 2.54. The van der Waals surface area contributed by atoms with Gasteiger partial charge in [-0.25, -0.2) is 0 Å². The highest BCUT2D eigenvalue weighted by atomic mass is 16.2. The Kier molecular flexibility index (Phi) is 5.78. The van der Waals surface area contributed by atoms with Gasteiger partial charge in [-0.05, 0) is 43.2 Å². The Morgan fingerprint density at radius 1 is 1.24 bits per heavy atom. The van der Waals surface area contributed by atoms with E-state index in [0.29, 0.717) is 12.8 Å². The second-order valence-corrected chi connectivity index (χ2v) is 5.58. The average molecular weight is 288 g/mol. The summed E-state index contributed by atoms with van der Waals surface area (Å²) >= 11 is 0. The van der Waals surface area contributed by atoms with Crippen LogP contribution in [0.25, 0.3) is 0 Å². The summed E-state index contributed by atoms with van der Waals surface area (Å²) in [5.74, 6) is -0.0928. The molecule has 0 aromatic heterocycles. The normalized spacial score (nSPS) is 18.7. The van der Waals surface area contributed by atoms with E-state index in [1.54, 1.807) is 0 Å². The van der Waals surface area contributed by atoms with Gasteiger partial charge in [0, 0.05) is 13.0 Å². The fraction of sp³-hybridized carbons (Fsp3) is 0.529. The van der Waals surface area contributed by atoms with Crippen LogP contribution in [-0.2, 0) is 22.4 Å². The Balaban J connectivity index is 1.79. The lowest BCUT2D eigenvalue weighted by Crippen LogP contribution is -2.45. The molecular weight excluding hydrogens is 264 g/mol. The smallest absolute Gasteiger partial charge is 0.242 e. The summed E-state index contributed by atoms with van der Waals surface area (Å²) in [7, 11) is 0. The zero-order valence-electron chi connectivity index (χ0n) is 12.7. The van der Waals surface area contributed by atoms with Crippen molar-refractivity contribution < 1.29 is 9.59 Å². The Morgan fingerprint density at radius 2 is 1.95 bits per heavy atom. The molecule has 1 aromatic rings. The van der Waals surface area contributed by atoms with Crippen LogP contribution in [0.1, 0.15) is 43.7 Å². The van der Waals surface area contributed by atoms with E-state index in [9.17, 15) is 9.59 Å². The minimum Gasteiger partial charge on any atom is -0.354 e. The number of benzene rings is 1. The molecule has 114 valence electrons. The van der Waals surface area contributed by atoms with Crippen molar-refractivity contribution in [1.82, 2.24) is 10.6 Å². The van der Waals surface area contributed by atoms with Gasteiger partial charge in [-0.2, -0.15) is 0 Å². The van der Waals surface area contributed by atoms with Crippen LogP contribution >= 0.6 is 0 Å². The van der Waals surface area contributed by atoms with Crippen LogP contribution in [0, 0.1) is 0 Å². The largest absolute Gasteiger partial charge is 0.354 e. The number of carbonyl (C=O) groups excluding carboxylic acids is 2. The minimum atomic E-state index is -0.359. The highest BCUT2D eigenvalue weighted by Crippen LogP contribution is 2.09. The molecule has 1 aliphatic heterocycles. The zero-order chi connectivity index (χ0) is 15.1. The Labute approximate surface area is 126 Å². The van der Waals surface area contributed by atoms with Crippen molar-refractivity contribution in [3.05, 3.63) is 35.4 Å². The maximum Gasteiger partial charge on any atom is 0.242 e. The van der Waals surface area contributed by atoms with E-state index < -0.39 is 0 Å². The standard InChI is InChI=1S/C17H24N2O2/c1-2-13-6-8-14(9-7-13)10-11-16(20)19-15-5-3-4-12-18-17(15)21/h6-9,15H,2-5,10-12H2,1H3,(H,18,21)(H,19,20)/t15-/m1/s1. The van der Waals surface area contributed by atoms with Gasteiger partial charge in [-0.3, -0.25) is 9.59 Å². The summed E-state index contributed by atoms with van der Waals surface area (Å²) in [6.07, 6.45) is 4.86. The van der Waals surface area contributed by atoms with Crippen LogP contribution in [-0.4, -0.2) is 24.4 Å². The molecule has 0 bridgehead atoms. The van der Waals surface area contributed by atoms with Crippen molar-refractivity contribution in [2.75, 3.05) is 6.54 Å². The number of aryl methyl sites for hydroxylation is 2. The van der Waals surface area contributed by atoms with Gasteiger partial charge in [0.2, 0.25) is 11.8 Å². The van der Waals surface area contributed by atoms with Gasteiger partial charge in [0.25, 0.3) is 0 Å². The van der Waals surface area contributed by atoms with Crippen molar-refractivity contribution in [3.8, 4) is 0 Å². The number of hydrogen-bond acceptors (Lipinski definition) is 2. The van der Waals surface area contributed by atoms with E-state index >= 15 is 0 Å². The predicted molar refractivity (Wildman–Crippen MR) is 82.9 cm³/mol. The molecule has 1 saturated heterocycles. The van der Waals surface area contributed by atoms with E-state index in [2.05, 4.69) is 41.8 Å². The molecule has 1 aromatic carbocycles. The monoisotopic (exact) mass is 288 g/mol. The summed E-state index contributed by atoms with van der Waals surface area (Å²) < 4.78 is 0. The molecule has 2 amide bonds. The van der Waals surface area contributed by atoms with E-state index in [1.165, 1.54) is 5.56 Å². The van der Waals surface area contributed by atoms with Crippen LogP contribution in [0.2, 0.25) is 0 Å². The van der Waals surface area contributed by atoms with Crippen molar-refractivity contribution in [2.24, 2.45) is 0 Å². The minimum absolute atomic E-state index is 0.0448. The van der Waals surface area contributed by atoms with Gasteiger partial charge in [-0.1, -0.05) is 31.2 Å². The van der Waals surface area contributed by atoms with E-state index in [1.807, 2.05) is 0 Å². The fourth-order valence-electron chi connectivity index (χ4n) is 2.54. The Hall–Kier alpha value is -1.84. The molecule has 1 atom stereocenters. The molecule has 21 heavy (non-hydrogen) atoms. The van der Waals surface area contributed by atoms with Gasteiger partial charge in [0.1, 0.15) is 6.04 Å². The molecule has 1 fully saturated rings. The van der Waals surface area contributed by atoms with Crippen LogP contribution in [0.4, 0.5) is 0 Å². The van der Waals surface area contributed by atoms with Gasteiger partial charge in [-0.15, -0.1) is 0 Å². The molecular formula is C17H24N2O2. The van der Waals surface area contributed by atoms with E-state index in [0.717, 1.165) is 37.8 Å². The third-order valence-corrected chi connectivity index (χ3v) is 3.94. The lowest BCUT2D eigenvalue weighted by Gasteiger charge is -2.15. The van der Waals surface area contributed by atoms with E-state index in [-0.39, 0.29) is 17.9 Å². The Bertz CT molecular complexity index is 482. The molecule has 0 aliphatic carbocycles. The van der Waals surface area contributed by atoms with E-state index in [4.69, 9.17) is 0 Å². The number of carbonyl (C=O) groups is 2. The molecule has 0 unspecified atom stereocenters. The first kappa shape index (κ1) is 15.5. The first-order chi connectivity index (χ1) is 10.2. The maximum atomic E-state index is 12.0. The first-order valence-electron chi connectivity index (χ1n) is 7.84. The third kappa shape index (κ3) is 4.88. The molecule has 1 aliphatic rings. The summed E-state index contributed by atoms with van der Waals surface area (Å²) in [6.45, 7) is 2.84. The molecule has 4 nitrogen and oxygen atoms in total. The van der Waals surface area contributed by atoms with Crippen LogP contribution in [0.5, 0.6) is 0 Å². The highest BCUT2D eigenvalue weighted by molar-refractivity contribution is 5.87. The average Bonchev–Trinajstić information content (AvgIpc) is 2.71. The SMILES string of the molecule is CCc1ccc(CCC(=O)N[C@@H]2CCCCNC2=O)cc1. The lowest BCUT2D eigenvalue weighted by molar-refractivity contribution is -0.128. The summed E-state index contributed by atoms with van der Waals surface area (Å²) in [4.78, 5) is 23.7. The van der Waals surface area contributed by atoms with Crippen LogP contribution < -0.4 is 10.6 Å². The maximum absolute atomic E-state index is 12.0. The Morgan fingerprint density at radius 3 is 2.67 bits per heavy atom. The number of nitrogens with one attached hydrogen (secondary N) is 2. The summed E-state index contributed by atoms with van der Waals surface area (Å²) in [6, 6.07) is 8.00. The molecule has 2 N–H and O–H groups in total. The molecule has 0 radical (unpaired) electrons. The van der Waals surface area contributed by atoms with Crippen molar-refractivity contribution in [1.29, 1.82) is 0 Å². The zero-order valence-corrected chi connectivity index (χ0v) is 12.7. The molecule has 4 heteroatoms.